The molecule has 2 aromatic heterocycles. The molecule has 0 aliphatic heterocycles. The van der Waals surface area contributed by atoms with Gasteiger partial charge in [0.1, 0.15) is 16.9 Å². The number of benzene rings is 1. The summed E-state index contributed by atoms with van der Waals surface area (Å²) in [5, 5.41) is 15.3. The van der Waals surface area contributed by atoms with Crippen LogP contribution in [0.3, 0.4) is 0 Å². The summed E-state index contributed by atoms with van der Waals surface area (Å²) in [7, 11) is 0. The number of aryl methyl sites for hydroxylation is 2. The molecule has 0 bridgehead atoms. The van der Waals surface area contributed by atoms with Gasteiger partial charge in [0, 0.05) is 11.8 Å². The largest absolute Gasteiger partial charge is 0.310 e. The van der Waals surface area contributed by atoms with Crippen molar-refractivity contribution in [3.05, 3.63) is 69.6 Å². The predicted octanol–water partition coefficient (Wildman–Crippen LogP) is 2.78. The molecule has 0 aliphatic carbocycles. The number of nitrogens with zero attached hydrogens (tertiary/aromatic N) is 3. The Bertz CT molecular complexity index is 1080. The van der Waals surface area contributed by atoms with E-state index in [-0.39, 0.29) is 17.2 Å². The third-order valence-corrected chi connectivity index (χ3v) is 4.75. The van der Waals surface area contributed by atoms with Crippen molar-refractivity contribution in [2.45, 2.75) is 18.9 Å². The Hall–Kier alpha value is -3.31. The number of anilines is 1. The number of aromatic nitrogens is 3. The number of thioether (sulfide) groups is 1. The second-order valence-electron chi connectivity index (χ2n) is 5.89. The van der Waals surface area contributed by atoms with Crippen LogP contribution in [0.5, 0.6) is 0 Å². The average Bonchev–Trinajstić information content (AvgIpc) is 3.00. The van der Waals surface area contributed by atoms with E-state index in [9.17, 15) is 14.9 Å². The number of carbonyl (C=O) groups is 1. The Morgan fingerprint density at radius 3 is 2.74 bits per heavy atom. The minimum absolute atomic E-state index is 0.0725. The molecule has 7 nitrogen and oxygen atoms in total. The van der Waals surface area contributed by atoms with Gasteiger partial charge in [-0.3, -0.25) is 14.7 Å². The summed E-state index contributed by atoms with van der Waals surface area (Å²) in [4.78, 5) is 28.7. The number of para-hydroxylation sites is 1. The lowest BCUT2D eigenvalue weighted by Gasteiger charge is -2.07. The van der Waals surface area contributed by atoms with E-state index in [0.29, 0.717) is 22.1 Å². The summed E-state index contributed by atoms with van der Waals surface area (Å²) in [6, 6.07) is 14.4. The standard InChI is InChI=1S/C19H17N5O2S/c1-12-8-13(2)21-19(15(12)10-20)27-11-17(25)22-16-9-18(26)24(23-16)14-6-4-3-5-7-14/h3-9,23H,11H2,1-2H3,(H,22,25). The molecule has 1 aromatic carbocycles. The van der Waals surface area contributed by atoms with E-state index >= 15 is 0 Å². The van der Waals surface area contributed by atoms with Crippen LogP contribution < -0.4 is 10.9 Å². The zero-order valence-corrected chi connectivity index (χ0v) is 15.6. The normalized spacial score (nSPS) is 10.4. The van der Waals surface area contributed by atoms with Gasteiger partial charge in [-0.25, -0.2) is 9.67 Å². The van der Waals surface area contributed by atoms with Crippen LogP contribution in [0.1, 0.15) is 16.8 Å². The van der Waals surface area contributed by atoms with E-state index in [4.69, 9.17) is 0 Å². The molecule has 0 spiro atoms. The van der Waals surface area contributed by atoms with Crippen molar-refractivity contribution < 1.29 is 4.79 Å². The first-order valence-corrected chi connectivity index (χ1v) is 9.15. The van der Waals surface area contributed by atoms with Gasteiger partial charge in [-0.2, -0.15) is 5.26 Å². The molecular weight excluding hydrogens is 362 g/mol. The van der Waals surface area contributed by atoms with Crippen molar-refractivity contribution in [3.63, 3.8) is 0 Å². The van der Waals surface area contributed by atoms with Crippen molar-refractivity contribution >= 4 is 23.5 Å². The summed E-state index contributed by atoms with van der Waals surface area (Å²) < 4.78 is 1.35. The molecule has 0 aliphatic rings. The Balaban J connectivity index is 1.69. The number of hydrogen-bond donors (Lipinski definition) is 2. The van der Waals surface area contributed by atoms with Gasteiger partial charge in [0.15, 0.2) is 0 Å². The van der Waals surface area contributed by atoms with Crippen molar-refractivity contribution in [2.75, 3.05) is 11.1 Å². The fourth-order valence-corrected chi connectivity index (χ4v) is 3.49. The maximum atomic E-state index is 12.2. The summed E-state index contributed by atoms with van der Waals surface area (Å²) >= 11 is 1.19. The molecule has 3 rings (SSSR count). The highest BCUT2D eigenvalue weighted by atomic mass is 32.2. The number of nitriles is 1. The Kier molecular flexibility index (Phi) is 5.43. The molecular formula is C19H17N5O2S. The average molecular weight is 379 g/mol. The zero-order chi connectivity index (χ0) is 19.4. The number of pyridine rings is 1. The Labute approximate surface area is 160 Å². The highest BCUT2D eigenvalue weighted by Gasteiger charge is 2.13. The molecule has 0 fully saturated rings. The SMILES string of the molecule is Cc1cc(C)c(C#N)c(SCC(=O)Nc2cc(=O)n(-c3ccccc3)[nH]2)n1. The molecule has 0 radical (unpaired) electrons. The van der Waals surface area contributed by atoms with Crippen molar-refractivity contribution in [1.29, 1.82) is 5.26 Å². The summed E-state index contributed by atoms with van der Waals surface area (Å²) in [6.07, 6.45) is 0. The molecule has 136 valence electrons. The third-order valence-electron chi connectivity index (χ3n) is 3.77. The number of hydrogen-bond acceptors (Lipinski definition) is 5. The third kappa shape index (κ3) is 4.27. The molecule has 27 heavy (non-hydrogen) atoms. The van der Waals surface area contributed by atoms with Gasteiger partial charge in [0.25, 0.3) is 5.56 Å². The molecule has 2 N–H and O–H groups in total. The monoisotopic (exact) mass is 379 g/mol. The van der Waals surface area contributed by atoms with Gasteiger partial charge in [-0.15, -0.1) is 0 Å². The van der Waals surface area contributed by atoms with Gasteiger partial charge in [0.05, 0.1) is 17.0 Å². The Morgan fingerprint density at radius 2 is 2.04 bits per heavy atom. The number of H-pyrrole nitrogens is 1. The lowest BCUT2D eigenvalue weighted by Crippen LogP contribution is -2.15. The smallest absolute Gasteiger partial charge is 0.273 e. The van der Waals surface area contributed by atoms with Crippen molar-refractivity contribution in [1.82, 2.24) is 14.8 Å². The van der Waals surface area contributed by atoms with Crippen LogP contribution in [0.2, 0.25) is 0 Å². The van der Waals surface area contributed by atoms with E-state index in [1.165, 1.54) is 22.5 Å². The fourth-order valence-electron chi connectivity index (χ4n) is 2.59. The van der Waals surface area contributed by atoms with Crippen LogP contribution in [-0.4, -0.2) is 26.4 Å². The van der Waals surface area contributed by atoms with Gasteiger partial charge < -0.3 is 5.32 Å². The van der Waals surface area contributed by atoms with Gasteiger partial charge in [0.2, 0.25) is 5.91 Å². The lowest BCUT2D eigenvalue weighted by atomic mass is 10.1. The number of aromatic amines is 1. The van der Waals surface area contributed by atoms with Gasteiger partial charge >= 0.3 is 0 Å². The molecule has 0 saturated carbocycles. The molecule has 0 unspecified atom stereocenters. The molecule has 8 heteroatoms. The van der Waals surface area contributed by atoms with Crippen LogP contribution in [0, 0.1) is 25.2 Å². The molecule has 2 heterocycles. The topological polar surface area (TPSA) is 104 Å². The maximum absolute atomic E-state index is 12.2. The molecule has 1 amide bonds. The molecule has 3 aromatic rings. The summed E-state index contributed by atoms with van der Waals surface area (Å²) in [5.41, 5.74) is 2.50. The first-order valence-electron chi connectivity index (χ1n) is 8.16. The predicted molar refractivity (Wildman–Crippen MR) is 104 cm³/mol. The second-order valence-corrected chi connectivity index (χ2v) is 6.85. The van der Waals surface area contributed by atoms with E-state index in [0.717, 1.165) is 11.3 Å². The van der Waals surface area contributed by atoms with Crippen molar-refractivity contribution in [2.24, 2.45) is 0 Å². The quantitative estimate of drug-likeness (QED) is 0.664. The first kappa shape index (κ1) is 18.5. The number of nitrogens with one attached hydrogen (secondary N) is 2. The van der Waals surface area contributed by atoms with Gasteiger partial charge in [-0.05, 0) is 37.6 Å². The zero-order valence-electron chi connectivity index (χ0n) is 14.8. The van der Waals surface area contributed by atoms with Crippen LogP contribution in [-0.2, 0) is 4.79 Å². The molecule has 0 atom stereocenters. The van der Waals surface area contributed by atoms with Crippen LogP contribution in [0.15, 0.2) is 52.3 Å². The summed E-state index contributed by atoms with van der Waals surface area (Å²) in [5.74, 6) is 0.0815. The van der Waals surface area contributed by atoms with E-state index < -0.39 is 0 Å². The fraction of sp³-hybridized carbons (Fsp3) is 0.158. The minimum atomic E-state index is -0.300. The maximum Gasteiger partial charge on any atom is 0.273 e. The van der Waals surface area contributed by atoms with Crippen LogP contribution >= 0.6 is 11.8 Å². The lowest BCUT2D eigenvalue weighted by molar-refractivity contribution is -0.113. The van der Waals surface area contributed by atoms with E-state index in [1.54, 1.807) is 12.1 Å². The van der Waals surface area contributed by atoms with Gasteiger partial charge in [-0.1, -0.05) is 30.0 Å². The number of rotatable bonds is 5. The first-order chi connectivity index (χ1) is 13.0. The van der Waals surface area contributed by atoms with Crippen LogP contribution in [0.4, 0.5) is 5.82 Å². The second kappa shape index (κ2) is 7.93. The number of amides is 1. The van der Waals surface area contributed by atoms with E-state index in [2.05, 4.69) is 21.5 Å². The van der Waals surface area contributed by atoms with E-state index in [1.807, 2.05) is 38.1 Å². The summed E-state index contributed by atoms with van der Waals surface area (Å²) in [6.45, 7) is 3.68. The van der Waals surface area contributed by atoms with Crippen LogP contribution in [0.25, 0.3) is 5.69 Å². The minimum Gasteiger partial charge on any atom is -0.310 e. The Morgan fingerprint density at radius 1 is 1.30 bits per heavy atom. The molecule has 0 saturated heterocycles. The highest BCUT2D eigenvalue weighted by Crippen LogP contribution is 2.23. The number of carbonyl (C=O) groups excluding carboxylic acids is 1. The van der Waals surface area contributed by atoms with Crippen molar-refractivity contribution in [3.8, 4) is 11.8 Å². The highest BCUT2D eigenvalue weighted by molar-refractivity contribution is 8.00.